The molecule has 1 aromatic heterocycles. The molecule has 2 aromatic carbocycles. The molecule has 0 fully saturated rings. The number of halogens is 1. The van der Waals surface area contributed by atoms with Crippen molar-refractivity contribution in [1.82, 2.24) is 4.98 Å². The average molecular weight is 284 g/mol. The van der Waals surface area contributed by atoms with Gasteiger partial charge in [0.15, 0.2) is 0 Å². The lowest BCUT2D eigenvalue weighted by Gasteiger charge is -2.05. The van der Waals surface area contributed by atoms with Crippen LogP contribution >= 0.6 is 15.9 Å². The zero-order chi connectivity index (χ0) is 11.7. The van der Waals surface area contributed by atoms with Crippen LogP contribution in [0.4, 0.5) is 0 Å². The first-order chi connectivity index (χ1) is 8.34. The summed E-state index contributed by atoms with van der Waals surface area (Å²) in [6, 6.07) is 18.7. The van der Waals surface area contributed by atoms with E-state index in [-0.39, 0.29) is 0 Å². The second-order valence-corrected chi connectivity index (χ2v) is 4.80. The van der Waals surface area contributed by atoms with Gasteiger partial charge < -0.3 is 0 Å². The van der Waals surface area contributed by atoms with E-state index in [2.05, 4.69) is 63.4 Å². The highest BCUT2D eigenvalue weighted by Gasteiger charge is 2.03. The summed E-state index contributed by atoms with van der Waals surface area (Å²) in [7, 11) is 0. The summed E-state index contributed by atoms with van der Waals surface area (Å²) < 4.78 is 1.00. The van der Waals surface area contributed by atoms with E-state index in [9.17, 15) is 0 Å². The Labute approximate surface area is 108 Å². The van der Waals surface area contributed by atoms with Crippen LogP contribution in [0.3, 0.4) is 0 Å². The maximum Gasteiger partial charge on any atom is 0.0709 e. The Hall–Kier alpha value is -1.67. The van der Waals surface area contributed by atoms with Crippen molar-refractivity contribution in [3.05, 3.63) is 65.3 Å². The van der Waals surface area contributed by atoms with Crippen LogP contribution < -0.4 is 0 Å². The van der Waals surface area contributed by atoms with Gasteiger partial charge in [0, 0.05) is 16.2 Å². The lowest BCUT2D eigenvalue weighted by molar-refractivity contribution is 1.31. The Kier molecular flexibility index (Phi) is 2.65. The number of aromatic nitrogens is 1. The second-order valence-electron chi connectivity index (χ2n) is 3.89. The fourth-order valence-electron chi connectivity index (χ4n) is 1.98. The summed E-state index contributed by atoms with van der Waals surface area (Å²) in [6.07, 6.45) is 1.83. The maximum atomic E-state index is 4.45. The molecule has 1 heterocycles. The van der Waals surface area contributed by atoms with Crippen LogP contribution in [0.5, 0.6) is 0 Å². The van der Waals surface area contributed by atoms with Crippen molar-refractivity contribution in [2.24, 2.45) is 0 Å². The van der Waals surface area contributed by atoms with Gasteiger partial charge in [-0.25, -0.2) is 0 Å². The Balaban J connectivity index is 2.27. The third-order valence-corrected chi connectivity index (χ3v) is 3.26. The number of hydrogen-bond donors (Lipinski definition) is 0. The molecule has 1 nitrogen and oxygen atoms in total. The molecule has 0 bridgehead atoms. The predicted octanol–water partition coefficient (Wildman–Crippen LogP) is 4.66. The summed E-state index contributed by atoms with van der Waals surface area (Å²) in [4.78, 5) is 4.45. The van der Waals surface area contributed by atoms with Gasteiger partial charge in [-0.15, -0.1) is 0 Å². The molecule has 17 heavy (non-hydrogen) atoms. The first-order valence-electron chi connectivity index (χ1n) is 5.44. The van der Waals surface area contributed by atoms with Crippen LogP contribution in [0.25, 0.3) is 22.0 Å². The van der Waals surface area contributed by atoms with E-state index >= 15 is 0 Å². The van der Waals surface area contributed by atoms with Gasteiger partial charge in [0.2, 0.25) is 0 Å². The topological polar surface area (TPSA) is 12.9 Å². The summed E-state index contributed by atoms with van der Waals surface area (Å²) >= 11 is 3.41. The van der Waals surface area contributed by atoms with E-state index in [1.807, 2.05) is 18.3 Å². The fourth-order valence-corrected chi connectivity index (χ4v) is 2.22. The van der Waals surface area contributed by atoms with Crippen LogP contribution in [-0.4, -0.2) is 4.98 Å². The minimum atomic E-state index is 1.00. The van der Waals surface area contributed by atoms with Crippen LogP contribution in [0.1, 0.15) is 0 Å². The van der Waals surface area contributed by atoms with Gasteiger partial charge in [-0.3, -0.25) is 4.98 Å². The zero-order valence-electron chi connectivity index (χ0n) is 9.10. The van der Waals surface area contributed by atoms with E-state index < -0.39 is 0 Å². The Bertz CT molecular complexity index is 654. The molecular formula is C15H10BrN. The average Bonchev–Trinajstić information content (AvgIpc) is 2.39. The Morgan fingerprint density at radius 1 is 0.824 bits per heavy atom. The van der Waals surface area contributed by atoms with Gasteiger partial charge in [0.1, 0.15) is 0 Å². The molecule has 0 saturated heterocycles. The van der Waals surface area contributed by atoms with Crippen LogP contribution in [-0.2, 0) is 0 Å². The van der Waals surface area contributed by atoms with Crippen molar-refractivity contribution in [2.45, 2.75) is 0 Å². The summed E-state index contributed by atoms with van der Waals surface area (Å²) in [5.41, 5.74) is 2.18. The van der Waals surface area contributed by atoms with Gasteiger partial charge in [-0.2, -0.15) is 0 Å². The molecule has 2 heteroatoms. The molecule has 0 aliphatic rings. The van der Waals surface area contributed by atoms with Crippen molar-refractivity contribution in [3.8, 4) is 11.3 Å². The van der Waals surface area contributed by atoms with Crippen molar-refractivity contribution in [1.29, 1.82) is 0 Å². The van der Waals surface area contributed by atoms with Crippen LogP contribution in [0, 0.1) is 0 Å². The molecule has 0 N–H and O–H groups in total. The van der Waals surface area contributed by atoms with E-state index in [0.29, 0.717) is 0 Å². The standard InChI is InChI=1S/C15H10BrN/c16-12-8-9-15(17-10-12)14-7-3-5-11-4-1-2-6-13(11)14/h1-10H. The van der Waals surface area contributed by atoms with Crippen molar-refractivity contribution < 1.29 is 0 Å². The molecule has 3 aromatic rings. The van der Waals surface area contributed by atoms with E-state index in [4.69, 9.17) is 0 Å². The van der Waals surface area contributed by atoms with Gasteiger partial charge >= 0.3 is 0 Å². The minimum absolute atomic E-state index is 1.00. The van der Waals surface area contributed by atoms with E-state index in [0.717, 1.165) is 10.2 Å². The largest absolute Gasteiger partial charge is 0.255 e. The molecule has 82 valence electrons. The SMILES string of the molecule is Brc1ccc(-c2cccc3ccccc23)nc1. The molecule has 0 spiro atoms. The number of pyridine rings is 1. The third kappa shape index (κ3) is 1.96. The van der Waals surface area contributed by atoms with E-state index in [1.165, 1.54) is 16.3 Å². The highest BCUT2D eigenvalue weighted by Crippen LogP contribution is 2.27. The molecule has 0 aliphatic heterocycles. The molecule has 0 radical (unpaired) electrons. The summed E-state index contributed by atoms with van der Waals surface area (Å²) in [6.45, 7) is 0. The smallest absolute Gasteiger partial charge is 0.0709 e. The van der Waals surface area contributed by atoms with Crippen molar-refractivity contribution in [2.75, 3.05) is 0 Å². The maximum absolute atomic E-state index is 4.45. The van der Waals surface area contributed by atoms with Crippen LogP contribution in [0.2, 0.25) is 0 Å². The quantitative estimate of drug-likeness (QED) is 0.633. The first kappa shape index (κ1) is 10.5. The number of nitrogens with zero attached hydrogens (tertiary/aromatic N) is 1. The molecule has 0 atom stereocenters. The predicted molar refractivity (Wildman–Crippen MR) is 74.9 cm³/mol. The van der Waals surface area contributed by atoms with Gasteiger partial charge in [-0.05, 0) is 38.8 Å². The Morgan fingerprint density at radius 2 is 1.65 bits per heavy atom. The van der Waals surface area contributed by atoms with Gasteiger partial charge in [0.05, 0.1) is 5.69 Å². The van der Waals surface area contributed by atoms with E-state index in [1.54, 1.807) is 0 Å². The molecule has 0 amide bonds. The Morgan fingerprint density at radius 3 is 2.47 bits per heavy atom. The monoisotopic (exact) mass is 283 g/mol. The number of benzene rings is 2. The molecule has 0 unspecified atom stereocenters. The van der Waals surface area contributed by atoms with Crippen molar-refractivity contribution in [3.63, 3.8) is 0 Å². The normalized spacial score (nSPS) is 10.6. The highest BCUT2D eigenvalue weighted by molar-refractivity contribution is 9.10. The second kappa shape index (κ2) is 4.30. The van der Waals surface area contributed by atoms with Crippen molar-refractivity contribution >= 4 is 26.7 Å². The number of fused-ring (bicyclic) bond motifs is 1. The number of rotatable bonds is 1. The van der Waals surface area contributed by atoms with Gasteiger partial charge in [-0.1, -0.05) is 42.5 Å². The van der Waals surface area contributed by atoms with Crippen LogP contribution in [0.15, 0.2) is 65.3 Å². The lowest BCUT2D eigenvalue weighted by Crippen LogP contribution is -1.84. The fraction of sp³-hybridized carbons (Fsp3) is 0. The molecule has 3 rings (SSSR count). The summed E-state index contributed by atoms with van der Waals surface area (Å²) in [5, 5.41) is 2.49. The minimum Gasteiger partial charge on any atom is -0.255 e. The highest BCUT2D eigenvalue weighted by atomic mass is 79.9. The molecule has 0 saturated carbocycles. The molecular weight excluding hydrogens is 274 g/mol. The first-order valence-corrected chi connectivity index (χ1v) is 6.23. The number of hydrogen-bond acceptors (Lipinski definition) is 1. The lowest BCUT2D eigenvalue weighted by atomic mass is 10.0. The summed E-state index contributed by atoms with van der Waals surface area (Å²) in [5.74, 6) is 0. The third-order valence-electron chi connectivity index (χ3n) is 2.79. The van der Waals surface area contributed by atoms with Gasteiger partial charge in [0.25, 0.3) is 0 Å². The molecule has 0 aliphatic carbocycles. The zero-order valence-corrected chi connectivity index (χ0v) is 10.7.